The second kappa shape index (κ2) is 9.46. The lowest BCUT2D eigenvalue weighted by molar-refractivity contribution is -0.121. The molecule has 0 spiro atoms. The highest BCUT2D eigenvalue weighted by Gasteiger charge is 2.14. The van der Waals surface area contributed by atoms with Crippen molar-refractivity contribution in [2.75, 3.05) is 26.2 Å². The van der Waals surface area contributed by atoms with Crippen LogP contribution in [0.3, 0.4) is 0 Å². The Balaban J connectivity index is 1.66. The van der Waals surface area contributed by atoms with Crippen LogP contribution >= 0.6 is 0 Å². The molecule has 0 aliphatic carbocycles. The lowest BCUT2D eigenvalue weighted by Crippen LogP contribution is -2.30. The van der Waals surface area contributed by atoms with Gasteiger partial charge in [0.2, 0.25) is 5.91 Å². The Morgan fingerprint density at radius 2 is 2.09 bits per heavy atom. The topological polar surface area (TPSA) is 50.4 Å². The van der Waals surface area contributed by atoms with E-state index in [1.54, 1.807) is 0 Å². The second-order valence-electron chi connectivity index (χ2n) is 5.87. The summed E-state index contributed by atoms with van der Waals surface area (Å²) in [5, 5.41) is 6.39. The van der Waals surface area contributed by atoms with Crippen molar-refractivity contribution in [3.8, 4) is 5.75 Å². The summed E-state index contributed by atoms with van der Waals surface area (Å²) in [5.41, 5.74) is 1.16. The first-order valence-electron chi connectivity index (χ1n) is 8.47. The predicted octanol–water partition coefficient (Wildman–Crippen LogP) is 2.52. The summed E-state index contributed by atoms with van der Waals surface area (Å²) in [4.78, 5) is 11.9. The van der Waals surface area contributed by atoms with Gasteiger partial charge in [0.25, 0.3) is 0 Å². The molecule has 122 valence electrons. The summed E-state index contributed by atoms with van der Waals surface area (Å²) in [5.74, 6) is 1.81. The molecule has 0 saturated carbocycles. The summed E-state index contributed by atoms with van der Waals surface area (Å²) in [6, 6.07) is 8.03. The maximum absolute atomic E-state index is 11.9. The van der Waals surface area contributed by atoms with Crippen LogP contribution in [0.5, 0.6) is 5.75 Å². The summed E-state index contributed by atoms with van der Waals surface area (Å²) < 4.78 is 5.60. The van der Waals surface area contributed by atoms with Gasteiger partial charge in [-0.05, 0) is 63.2 Å². The predicted molar refractivity (Wildman–Crippen MR) is 89.2 cm³/mol. The number of amides is 1. The van der Waals surface area contributed by atoms with Crippen molar-refractivity contribution < 1.29 is 9.53 Å². The van der Waals surface area contributed by atoms with Gasteiger partial charge in [0.1, 0.15) is 5.75 Å². The van der Waals surface area contributed by atoms with Gasteiger partial charge >= 0.3 is 0 Å². The number of hydrogen-bond donors (Lipinski definition) is 2. The maximum atomic E-state index is 11.9. The van der Waals surface area contributed by atoms with E-state index < -0.39 is 0 Å². The quantitative estimate of drug-likeness (QED) is 0.776. The number of para-hydroxylation sites is 1. The molecule has 1 fully saturated rings. The summed E-state index contributed by atoms with van der Waals surface area (Å²) in [7, 11) is 0. The molecular formula is C18H28N2O2. The van der Waals surface area contributed by atoms with Gasteiger partial charge in [-0.2, -0.15) is 0 Å². The normalized spacial score (nSPS) is 15.5. The highest BCUT2D eigenvalue weighted by molar-refractivity contribution is 5.75. The van der Waals surface area contributed by atoms with E-state index in [-0.39, 0.29) is 5.91 Å². The van der Waals surface area contributed by atoms with E-state index in [0.717, 1.165) is 37.2 Å². The van der Waals surface area contributed by atoms with Gasteiger partial charge in [-0.25, -0.2) is 0 Å². The molecule has 0 unspecified atom stereocenters. The third-order valence-corrected chi connectivity index (χ3v) is 4.23. The third-order valence-electron chi connectivity index (χ3n) is 4.23. The lowest BCUT2D eigenvalue weighted by atomic mass is 9.93. The smallest absolute Gasteiger partial charge is 0.220 e. The van der Waals surface area contributed by atoms with Crippen molar-refractivity contribution in [3.05, 3.63) is 29.8 Å². The van der Waals surface area contributed by atoms with Crippen LogP contribution in [-0.4, -0.2) is 32.1 Å². The molecule has 1 aliphatic rings. The molecule has 0 atom stereocenters. The molecule has 1 aromatic rings. The molecule has 1 saturated heterocycles. The Morgan fingerprint density at radius 1 is 1.32 bits per heavy atom. The number of piperidine rings is 1. The van der Waals surface area contributed by atoms with Crippen molar-refractivity contribution in [1.29, 1.82) is 0 Å². The molecule has 2 N–H and O–H groups in total. The molecular weight excluding hydrogens is 276 g/mol. The number of carbonyl (C=O) groups is 1. The molecule has 1 aliphatic heterocycles. The van der Waals surface area contributed by atoms with Crippen LogP contribution in [-0.2, 0) is 11.2 Å². The monoisotopic (exact) mass is 304 g/mol. The van der Waals surface area contributed by atoms with Crippen LogP contribution in [0.25, 0.3) is 0 Å². The molecule has 0 radical (unpaired) electrons. The van der Waals surface area contributed by atoms with E-state index in [0.29, 0.717) is 25.5 Å². The van der Waals surface area contributed by atoms with E-state index in [1.165, 1.54) is 12.8 Å². The molecule has 22 heavy (non-hydrogen) atoms. The maximum Gasteiger partial charge on any atom is 0.220 e. The fourth-order valence-corrected chi connectivity index (χ4v) is 2.94. The van der Waals surface area contributed by atoms with Crippen molar-refractivity contribution in [3.63, 3.8) is 0 Å². The van der Waals surface area contributed by atoms with Gasteiger partial charge in [0, 0.05) is 13.0 Å². The number of rotatable bonds is 8. The van der Waals surface area contributed by atoms with Crippen LogP contribution in [0.15, 0.2) is 24.3 Å². The zero-order chi connectivity index (χ0) is 15.6. The molecule has 4 heteroatoms. The van der Waals surface area contributed by atoms with Gasteiger partial charge in [0.05, 0.1) is 6.61 Å². The van der Waals surface area contributed by atoms with E-state index in [9.17, 15) is 4.79 Å². The molecule has 1 amide bonds. The fourth-order valence-electron chi connectivity index (χ4n) is 2.94. The number of benzene rings is 1. The fraction of sp³-hybridized carbons (Fsp3) is 0.611. The van der Waals surface area contributed by atoms with Crippen LogP contribution in [0.1, 0.15) is 38.2 Å². The van der Waals surface area contributed by atoms with Crippen LogP contribution in [0.4, 0.5) is 0 Å². The van der Waals surface area contributed by atoms with Crippen molar-refractivity contribution in [2.24, 2.45) is 5.92 Å². The summed E-state index contributed by atoms with van der Waals surface area (Å²) in [6.45, 7) is 5.52. The molecule has 0 aromatic heterocycles. The standard InChI is InChI=1S/C18H28N2O2/c1-2-22-17-6-4-3-5-16(17)11-14-20-18(21)8-7-15-9-12-19-13-10-15/h3-6,15,19H,2,7-14H2,1H3,(H,20,21). The summed E-state index contributed by atoms with van der Waals surface area (Å²) in [6.07, 6.45) is 4.89. The van der Waals surface area contributed by atoms with Gasteiger partial charge < -0.3 is 15.4 Å². The first-order chi connectivity index (χ1) is 10.8. The second-order valence-corrected chi connectivity index (χ2v) is 5.87. The highest BCUT2D eigenvalue weighted by atomic mass is 16.5. The Hall–Kier alpha value is -1.55. The van der Waals surface area contributed by atoms with Gasteiger partial charge in [-0.3, -0.25) is 4.79 Å². The van der Waals surface area contributed by atoms with Crippen LogP contribution < -0.4 is 15.4 Å². The average molecular weight is 304 g/mol. The molecule has 1 aromatic carbocycles. The van der Waals surface area contributed by atoms with Gasteiger partial charge in [0.15, 0.2) is 0 Å². The van der Waals surface area contributed by atoms with Gasteiger partial charge in [-0.1, -0.05) is 18.2 Å². The molecule has 1 heterocycles. The number of ether oxygens (including phenoxy) is 1. The first kappa shape index (κ1) is 16.8. The van der Waals surface area contributed by atoms with Crippen molar-refractivity contribution in [1.82, 2.24) is 10.6 Å². The minimum atomic E-state index is 0.174. The Morgan fingerprint density at radius 3 is 2.86 bits per heavy atom. The first-order valence-corrected chi connectivity index (χ1v) is 8.47. The minimum Gasteiger partial charge on any atom is -0.494 e. The van der Waals surface area contributed by atoms with E-state index in [1.807, 2.05) is 25.1 Å². The average Bonchev–Trinajstić information content (AvgIpc) is 2.56. The number of nitrogens with one attached hydrogen (secondary N) is 2. The highest BCUT2D eigenvalue weighted by Crippen LogP contribution is 2.19. The molecule has 4 nitrogen and oxygen atoms in total. The number of hydrogen-bond acceptors (Lipinski definition) is 3. The lowest BCUT2D eigenvalue weighted by Gasteiger charge is -2.22. The van der Waals surface area contributed by atoms with Gasteiger partial charge in [-0.15, -0.1) is 0 Å². The molecule has 2 rings (SSSR count). The zero-order valence-corrected chi connectivity index (χ0v) is 13.6. The Kier molecular flexibility index (Phi) is 7.23. The zero-order valence-electron chi connectivity index (χ0n) is 13.6. The van der Waals surface area contributed by atoms with Crippen molar-refractivity contribution >= 4 is 5.91 Å². The largest absolute Gasteiger partial charge is 0.494 e. The van der Waals surface area contributed by atoms with E-state index >= 15 is 0 Å². The number of carbonyl (C=O) groups excluding carboxylic acids is 1. The molecule has 0 bridgehead atoms. The summed E-state index contributed by atoms with van der Waals surface area (Å²) >= 11 is 0. The van der Waals surface area contributed by atoms with E-state index in [2.05, 4.69) is 16.7 Å². The minimum absolute atomic E-state index is 0.174. The SMILES string of the molecule is CCOc1ccccc1CCNC(=O)CCC1CCNCC1. The third kappa shape index (κ3) is 5.68. The van der Waals surface area contributed by atoms with E-state index in [4.69, 9.17) is 4.74 Å². The van der Waals surface area contributed by atoms with Crippen molar-refractivity contribution in [2.45, 2.75) is 39.0 Å². The Labute approximate surface area is 133 Å². The van der Waals surface area contributed by atoms with Crippen LogP contribution in [0.2, 0.25) is 0 Å². The van der Waals surface area contributed by atoms with Crippen LogP contribution in [0, 0.1) is 5.92 Å². The Bertz CT molecular complexity index is 456.